The van der Waals surface area contributed by atoms with Gasteiger partial charge in [0, 0.05) is 0 Å². The molecule has 0 saturated heterocycles. The summed E-state index contributed by atoms with van der Waals surface area (Å²) in [5, 5.41) is 13.4. The van der Waals surface area contributed by atoms with Crippen LogP contribution in [0.15, 0.2) is 24.3 Å². The van der Waals surface area contributed by atoms with Gasteiger partial charge in [0.15, 0.2) is 0 Å². The minimum absolute atomic E-state index is 0.0982. The molecule has 2 N–H and O–H groups in total. The van der Waals surface area contributed by atoms with E-state index in [9.17, 15) is 31.1 Å². The maximum absolute atomic E-state index is 14.1. The first-order valence-corrected chi connectivity index (χ1v) is 8.15. The molecule has 0 heterocycles. The monoisotopic (exact) mass is 393 g/mol. The molecule has 0 bridgehead atoms. The molecule has 1 saturated carbocycles. The summed E-state index contributed by atoms with van der Waals surface area (Å²) in [7, 11) is 0. The highest BCUT2D eigenvalue weighted by molar-refractivity contribution is 5.83. The molecule has 1 aliphatic carbocycles. The predicted octanol–water partition coefficient (Wildman–Crippen LogP) is 3.60. The first-order valence-electron chi connectivity index (χ1n) is 8.15. The number of alkyl halides is 5. The number of hydrogen-bond acceptors (Lipinski definition) is 3. The van der Waals surface area contributed by atoms with Gasteiger partial charge in [-0.1, -0.05) is 19.1 Å². The molecule has 27 heavy (non-hydrogen) atoms. The number of carbonyl (C=O) groups excluding carboxylic acids is 1. The third kappa shape index (κ3) is 4.53. The van der Waals surface area contributed by atoms with Crippen molar-refractivity contribution >= 4 is 5.91 Å². The Morgan fingerprint density at radius 3 is 2.19 bits per heavy atom. The minimum atomic E-state index is -5.89. The molecule has 2 rings (SSSR count). The summed E-state index contributed by atoms with van der Waals surface area (Å²) in [6, 6.07) is 0.983. The Kier molecular flexibility index (Phi) is 5.75. The summed E-state index contributed by atoms with van der Waals surface area (Å²) in [5.41, 5.74) is -1.62. The molecule has 2 atom stereocenters. The Bertz CT molecular complexity index is 722. The zero-order valence-corrected chi connectivity index (χ0v) is 14.2. The lowest BCUT2D eigenvalue weighted by molar-refractivity contribution is -0.295. The SMILES string of the molecule is CC[C@H](N[C@@H](c1ccc(F)cc1)C(F)(F)C(F)(F)F)C(=O)NC1(C#N)CC1. The van der Waals surface area contributed by atoms with Gasteiger partial charge in [-0.05, 0) is 37.0 Å². The molecule has 1 aromatic rings. The quantitative estimate of drug-likeness (QED) is 0.696. The van der Waals surface area contributed by atoms with Gasteiger partial charge in [-0.2, -0.15) is 27.2 Å². The van der Waals surface area contributed by atoms with Crippen LogP contribution in [-0.2, 0) is 4.79 Å². The molecule has 0 unspecified atom stereocenters. The predicted molar refractivity (Wildman–Crippen MR) is 83.1 cm³/mol. The third-order valence-electron chi connectivity index (χ3n) is 4.36. The highest BCUT2D eigenvalue weighted by Gasteiger charge is 2.63. The zero-order chi connectivity index (χ0) is 20.5. The second-order valence-corrected chi connectivity index (χ2v) is 6.42. The Morgan fingerprint density at radius 2 is 1.78 bits per heavy atom. The van der Waals surface area contributed by atoms with Crippen LogP contribution in [0.25, 0.3) is 0 Å². The molecule has 1 amide bonds. The van der Waals surface area contributed by atoms with E-state index in [1.54, 1.807) is 0 Å². The van der Waals surface area contributed by atoms with Gasteiger partial charge >= 0.3 is 12.1 Å². The van der Waals surface area contributed by atoms with Crippen LogP contribution in [0, 0.1) is 17.1 Å². The molecule has 0 aromatic heterocycles. The Balaban J connectivity index is 2.31. The largest absolute Gasteiger partial charge is 0.455 e. The van der Waals surface area contributed by atoms with E-state index >= 15 is 0 Å². The van der Waals surface area contributed by atoms with E-state index in [2.05, 4.69) is 5.32 Å². The number of amides is 1. The average molecular weight is 393 g/mol. The van der Waals surface area contributed by atoms with E-state index in [4.69, 9.17) is 5.26 Å². The summed E-state index contributed by atoms with van der Waals surface area (Å²) < 4.78 is 80.0. The fraction of sp³-hybridized carbons (Fsp3) is 0.529. The highest BCUT2D eigenvalue weighted by Crippen LogP contribution is 2.45. The molecular weight excluding hydrogens is 376 g/mol. The van der Waals surface area contributed by atoms with Gasteiger partial charge in [0.05, 0.1) is 12.1 Å². The maximum atomic E-state index is 14.1. The zero-order valence-electron chi connectivity index (χ0n) is 14.2. The Labute approximate surface area is 151 Å². The van der Waals surface area contributed by atoms with Gasteiger partial charge in [0.1, 0.15) is 17.4 Å². The summed E-state index contributed by atoms with van der Waals surface area (Å²) in [6.07, 6.45) is -5.23. The van der Waals surface area contributed by atoms with E-state index in [-0.39, 0.29) is 6.42 Å². The van der Waals surface area contributed by atoms with Crippen LogP contribution in [0.1, 0.15) is 37.8 Å². The van der Waals surface area contributed by atoms with E-state index < -0.39 is 47.0 Å². The highest BCUT2D eigenvalue weighted by atomic mass is 19.4. The summed E-state index contributed by atoms with van der Waals surface area (Å²) in [5.74, 6) is -6.87. The van der Waals surface area contributed by atoms with Gasteiger partial charge in [-0.3, -0.25) is 10.1 Å². The molecule has 0 spiro atoms. The van der Waals surface area contributed by atoms with Crippen molar-refractivity contribution in [2.75, 3.05) is 0 Å². The summed E-state index contributed by atoms with van der Waals surface area (Å²) in [6.45, 7) is 1.43. The van der Waals surface area contributed by atoms with E-state index in [1.807, 2.05) is 11.4 Å². The number of carbonyl (C=O) groups is 1. The topological polar surface area (TPSA) is 64.9 Å². The Hall–Kier alpha value is -2.28. The lowest BCUT2D eigenvalue weighted by atomic mass is 9.98. The van der Waals surface area contributed by atoms with Crippen LogP contribution in [0.2, 0.25) is 0 Å². The fourth-order valence-electron chi connectivity index (χ4n) is 2.52. The molecule has 1 aliphatic rings. The smallest absolute Gasteiger partial charge is 0.336 e. The molecule has 10 heteroatoms. The van der Waals surface area contributed by atoms with Crippen LogP contribution in [0.5, 0.6) is 0 Å². The molecule has 4 nitrogen and oxygen atoms in total. The van der Waals surface area contributed by atoms with Crippen LogP contribution < -0.4 is 10.6 Å². The fourth-order valence-corrected chi connectivity index (χ4v) is 2.52. The van der Waals surface area contributed by atoms with Gasteiger partial charge in [0.25, 0.3) is 0 Å². The number of nitriles is 1. The Morgan fingerprint density at radius 1 is 1.22 bits per heavy atom. The van der Waals surface area contributed by atoms with Crippen molar-refractivity contribution in [3.05, 3.63) is 35.6 Å². The molecule has 0 radical (unpaired) electrons. The second kappa shape index (κ2) is 7.38. The molecule has 1 aromatic carbocycles. The minimum Gasteiger partial charge on any atom is -0.336 e. The van der Waals surface area contributed by atoms with Crippen molar-refractivity contribution in [1.29, 1.82) is 5.26 Å². The van der Waals surface area contributed by atoms with E-state index in [1.165, 1.54) is 6.92 Å². The van der Waals surface area contributed by atoms with Gasteiger partial charge in [-0.25, -0.2) is 4.39 Å². The molecule has 0 aliphatic heterocycles. The number of benzene rings is 1. The number of rotatable bonds is 7. The number of halogens is 6. The number of nitrogens with one attached hydrogen (secondary N) is 2. The van der Waals surface area contributed by atoms with Crippen LogP contribution in [0.4, 0.5) is 26.3 Å². The lowest BCUT2D eigenvalue weighted by Crippen LogP contribution is -2.55. The molecule has 148 valence electrons. The number of nitrogens with zero attached hydrogens (tertiary/aromatic N) is 1. The lowest BCUT2D eigenvalue weighted by Gasteiger charge is -2.32. The number of hydrogen-bond donors (Lipinski definition) is 2. The first-order chi connectivity index (χ1) is 12.5. The van der Waals surface area contributed by atoms with Crippen LogP contribution in [-0.4, -0.2) is 29.6 Å². The van der Waals surface area contributed by atoms with Crippen molar-refractivity contribution in [3.63, 3.8) is 0 Å². The van der Waals surface area contributed by atoms with Gasteiger partial charge in [0.2, 0.25) is 5.91 Å². The normalized spacial score (nSPS) is 18.3. The van der Waals surface area contributed by atoms with Crippen molar-refractivity contribution < 1.29 is 31.1 Å². The van der Waals surface area contributed by atoms with Gasteiger partial charge < -0.3 is 5.32 Å². The van der Waals surface area contributed by atoms with Crippen LogP contribution in [0.3, 0.4) is 0 Å². The first kappa shape index (κ1) is 21.0. The maximum Gasteiger partial charge on any atom is 0.455 e. The summed E-state index contributed by atoms with van der Waals surface area (Å²) in [4.78, 5) is 12.3. The standard InChI is InChI=1S/C17H17F6N3O/c1-2-12(14(27)26-15(9-24)7-8-15)25-13(16(19,20)17(21,22)23)10-3-5-11(18)6-4-10/h3-6,12-13,25H,2,7-8H2,1H3,(H,26,27)/t12-,13-/m0/s1. The van der Waals surface area contributed by atoms with E-state index in [0.29, 0.717) is 12.8 Å². The molecular formula is C17H17F6N3O. The van der Waals surface area contributed by atoms with E-state index in [0.717, 1.165) is 24.3 Å². The average Bonchev–Trinajstić information content (AvgIpc) is 3.35. The third-order valence-corrected chi connectivity index (χ3v) is 4.36. The van der Waals surface area contributed by atoms with Crippen molar-refractivity contribution in [3.8, 4) is 6.07 Å². The van der Waals surface area contributed by atoms with Crippen molar-refractivity contribution in [2.24, 2.45) is 0 Å². The van der Waals surface area contributed by atoms with Gasteiger partial charge in [-0.15, -0.1) is 0 Å². The van der Waals surface area contributed by atoms with Crippen molar-refractivity contribution in [2.45, 2.75) is 55.9 Å². The molecule has 1 fully saturated rings. The second-order valence-electron chi connectivity index (χ2n) is 6.42. The van der Waals surface area contributed by atoms with Crippen molar-refractivity contribution in [1.82, 2.24) is 10.6 Å². The summed E-state index contributed by atoms with van der Waals surface area (Å²) >= 11 is 0. The van der Waals surface area contributed by atoms with Crippen LogP contribution >= 0.6 is 0 Å².